The number of hydrogen-bond donors (Lipinski definition) is 1. The summed E-state index contributed by atoms with van der Waals surface area (Å²) < 4.78 is 3.46. The van der Waals surface area contributed by atoms with Gasteiger partial charge in [-0.1, -0.05) is 37.8 Å². The highest BCUT2D eigenvalue weighted by Gasteiger charge is 2.12. The van der Waals surface area contributed by atoms with Gasteiger partial charge in [-0.05, 0) is 6.42 Å². The average Bonchev–Trinajstić information content (AvgIpc) is 2.77. The van der Waals surface area contributed by atoms with Crippen LogP contribution in [-0.2, 0) is 14.1 Å². The topological polar surface area (TPSA) is 55.6 Å². The third kappa shape index (κ3) is 2.12. The Kier molecular flexibility index (Phi) is 3.63. The zero-order valence-electron chi connectivity index (χ0n) is 10.9. The van der Waals surface area contributed by atoms with Gasteiger partial charge in [-0.25, -0.2) is 9.78 Å². The molecule has 1 N–H and O–H groups in total. The van der Waals surface area contributed by atoms with Gasteiger partial charge in [-0.3, -0.25) is 9.13 Å². The number of H-pyrrole nitrogens is 1. The molecule has 7 heteroatoms. The molecule has 18 heavy (non-hydrogen) atoms. The molecule has 2 rings (SSSR count). The fourth-order valence-corrected chi connectivity index (χ4v) is 2.70. The maximum atomic E-state index is 11.9. The summed E-state index contributed by atoms with van der Waals surface area (Å²) in [5.74, 6) is 0. The summed E-state index contributed by atoms with van der Waals surface area (Å²) in [7, 11) is 3.38. The second kappa shape index (κ2) is 4.89. The predicted molar refractivity (Wildman–Crippen MR) is 76.7 cm³/mol. The smallest absolute Gasteiger partial charge is 0.329 e. The number of aryl methyl sites for hydroxylation is 1. The van der Waals surface area contributed by atoms with Gasteiger partial charge >= 0.3 is 5.69 Å². The van der Waals surface area contributed by atoms with Crippen molar-refractivity contribution in [2.45, 2.75) is 30.7 Å². The molecule has 0 unspecified atom stereocenters. The number of hydrogen-bond acceptors (Lipinski definition) is 4. The van der Waals surface area contributed by atoms with Crippen LogP contribution in [0.1, 0.15) is 20.3 Å². The van der Waals surface area contributed by atoms with E-state index in [9.17, 15) is 4.79 Å². The minimum absolute atomic E-state index is 0.154. The molecule has 0 aromatic carbocycles. The van der Waals surface area contributed by atoms with Gasteiger partial charge in [-0.15, -0.1) is 0 Å². The van der Waals surface area contributed by atoms with E-state index in [1.807, 2.05) is 0 Å². The number of nitrogens with one attached hydrogen (secondary N) is 1. The molecule has 0 spiro atoms. The van der Waals surface area contributed by atoms with Crippen LogP contribution in [0.5, 0.6) is 0 Å². The number of imidazole rings is 1. The second-order valence-corrected chi connectivity index (χ2v) is 6.10. The lowest BCUT2D eigenvalue weighted by Gasteiger charge is -2.03. The Morgan fingerprint density at radius 1 is 1.44 bits per heavy atom. The van der Waals surface area contributed by atoms with Crippen LogP contribution in [0.4, 0.5) is 0 Å². The third-order valence-corrected chi connectivity index (χ3v) is 4.59. The molecule has 98 valence electrons. The van der Waals surface area contributed by atoms with E-state index in [2.05, 4.69) is 23.8 Å². The fraction of sp³-hybridized carbons (Fsp3) is 0.545. The zero-order chi connectivity index (χ0) is 13.4. The van der Waals surface area contributed by atoms with E-state index in [0.29, 0.717) is 15.5 Å². The standard InChI is InChI=1S/C11H16N4OS2/c1-5-6(2)18-10-12-7-8(13-10)14(3)11(16)15(4)9(7)17/h6H,5H2,1-4H3,(H,12,13)/t6-/m0/s1. The van der Waals surface area contributed by atoms with Crippen molar-refractivity contribution < 1.29 is 0 Å². The van der Waals surface area contributed by atoms with E-state index >= 15 is 0 Å². The molecule has 0 radical (unpaired) electrons. The molecule has 0 saturated heterocycles. The van der Waals surface area contributed by atoms with Gasteiger partial charge in [0, 0.05) is 19.3 Å². The van der Waals surface area contributed by atoms with Gasteiger partial charge in [0.25, 0.3) is 0 Å². The second-order valence-electron chi connectivity index (χ2n) is 4.28. The SMILES string of the molecule is CC[C@H](C)Sc1nc2c([nH]1)c(=S)n(C)c(=O)n2C. The van der Waals surface area contributed by atoms with Gasteiger partial charge in [0.05, 0.1) is 0 Å². The van der Waals surface area contributed by atoms with Crippen molar-refractivity contribution in [3.63, 3.8) is 0 Å². The van der Waals surface area contributed by atoms with Crippen molar-refractivity contribution in [2.75, 3.05) is 0 Å². The molecule has 2 aromatic heterocycles. The predicted octanol–water partition coefficient (Wildman–Crippen LogP) is 2.22. The number of aromatic nitrogens is 4. The lowest BCUT2D eigenvalue weighted by atomic mass is 10.4. The van der Waals surface area contributed by atoms with E-state index in [1.54, 1.807) is 25.9 Å². The summed E-state index contributed by atoms with van der Waals surface area (Å²) in [6.45, 7) is 4.28. The molecule has 0 bridgehead atoms. The van der Waals surface area contributed by atoms with Gasteiger partial charge in [0.15, 0.2) is 10.8 Å². The van der Waals surface area contributed by atoms with Crippen molar-refractivity contribution in [3.05, 3.63) is 15.1 Å². The quantitative estimate of drug-likeness (QED) is 0.693. The van der Waals surface area contributed by atoms with E-state index < -0.39 is 0 Å². The van der Waals surface area contributed by atoms with Crippen LogP contribution >= 0.6 is 24.0 Å². The lowest BCUT2D eigenvalue weighted by molar-refractivity contribution is 0.721. The van der Waals surface area contributed by atoms with Crippen LogP contribution in [0, 0.1) is 4.64 Å². The summed E-state index contributed by atoms with van der Waals surface area (Å²) in [6.07, 6.45) is 1.06. The maximum absolute atomic E-state index is 11.9. The molecule has 0 aliphatic rings. The molecular weight excluding hydrogens is 268 g/mol. The molecule has 2 heterocycles. The number of fused-ring (bicyclic) bond motifs is 1. The molecule has 0 saturated carbocycles. The first-order valence-electron chi connectivity index (χ1n) is 5.78. The third-order valence-electron chi connectivity index (χ3n) is 2.96. The van der Waals surface area contributed by atoms with Crippen LogP contribution in [-0.4, -0.2) is 24.4 Å². The molecule has 0 aliphatic heterocycles. The van der Waals surface area contributed by atoms with Crippen molar-refractivity contribution in [3.8, 4) is 0 Å². The molecule has 0 amide bonds. The van der Waals surface area contributed by atoms with Crippen LogP contribution in [0.3, 0.4) is 0 Å². The highest BCUT2D eigenvalue weighted by Crippen LogP contribution is 2.24. The highest BCUT2D eigenvalue weighted by molar-refractivity contribution is 7.99. The Morgan fingerprint density at radius 2 is 2.11 bits per heavy atom. The summed E-state index contributed by atoms with van der Waals surface area (Å²) in [6, 6.07) is 0. The Morgan fingerprint density at radius 3 is 2.72 bits per heavy atom. The van der Waals surface area contributed by atoms with E-state index in [-0.39, 0.29) is 5.69 Å². The van der Waals surface area contributed by atoms with Crippen LogP contribution in [0.15, 0.2) is 9.95 Å². The highest BCUT2D eigenvalue weighted by atomic mass is 32.2. The van der Waals surface area contributed by atoms with E-state index in [0.717, 1.165) is 17.1 Å². The van der Waals surface area contributed by atoms with Crippen LogP contribution in [0.2, 0.25) is 0 Å². The lowest BCUT2D eigenvalue weighted by Crippen LogP contribution is -2.27. The Balaban J connectivity index is 2.65. The van der Waals surface area contributed by atoms with Gasteiger partial charge in [0.1, 0.15) is 10.2 Å². The van der Waals surface area contributed by atoms with Crippen molar-refractivity contribution >= 4 is 35.1 Å². The van der Waals surface area contributed by atoms with Gasteiger partial charge in [0.2, 0.25) is 0 Å². The monoisotopic (exact) mass is 284 g/mol. The number of nitrogens with zero attached hydrogens (tertiary/aromatic N) is 3. The van der Waals surface area contributed by atoms with Crippen molar-refractivity contribution in [1.29, 1.82) is 0 Å². The van der Waals surface area contributed by atoms with Crippen LogP contribution in [0.25, 0.3) is 11.2 Å². The number of thioether (sulfide) groups is 1. The Bertz CT molecular complexity index is 697. The maximum Gasteiger partial charge on any atom is 0.330 e. The summed E-state index contributed by atoms with van der Waals surface area (Å²) >= 11 is 6.93. The molecular formula is C11H16N4OS2. The molecule has 1 atom stereocenters. The van der Waals surface area contributed by atoms with Gasteiger partial charge in [-0.2, -0.15) is 0 Å². The molecule has 2 aromatic rings. The first-order chi connectivity index (χ1) is 8.45. The minimum atomic E-state index is -0.154. The Labute approximate surface area is 114 Å². The zero-order valence-corrected chi connectivity index (χ0v) is 12.5. The van der Waals surface area contributed by atoms with Crippen molar-refractivity contribution in [2.24, 2.45) is 14.1 Å². The fourth-order valence-electron chi connectivity index (χ4n) is 1.63. The largest absolute Gasteiger partial charge is 0.330 e. The van der Waals surface area contributed by atoms with Crippen molar-refractivity contribution in [1.82, 2.24) is 19.1 Å². The first-order valence-corrected chi connectivity index (χ1v) is 7.06. The molecule has 0 fully saturated rings. The number of aromatic amines is 1. The number of rotatable bonds is 3. The minimum Gasteiger partial charge on any atom is -0.329 e. The van der Waals surface area contributed by atoms with E-state index in [4.69, 9.17) is 12.2 Å². The van der Waals surface area contributed by atoms with Crippen LogP contribution < -0.4 is 5.69 Å². The summed E-state index contributed by atoms with van der Waals surface area (Å²) in [4.78, 5) is 19.5. The summed E-state index contributed by atoms with van der Waals surface area (Å²) in [5, 5.41) is 1.29. The molecule has 5 nitrogen and oxygen atoms in total. The van der Waals surface area contributed by atoms with E-state index in [1.165, 1.54) is 9.13 Å². The summed E-state index contributed by atoms with van der Waals surface area (Å²) in [5.41, 5.74) is 1.22. The normalized spacial score (nSPS) is 13.1. The first kappa shape index (κ1) is 13.4. The van der Waals surface area contributed by atoms with Gasteiger partial charge < -0.3 is 4.98 Å². The average molecular weight is 284 g/mol. The molecule has 0 aliphatic carbocycles. The Hall–Kier alpha value is -1.08.